The molecule has 1 aromatic heterocycles. The van der Waals surface area contributed by atoms with E-state index < -0.39 is 5.54 Å². The molecule has 0 unspecified atom stereocenters. The second kappa shape index (κ2) is 4.10. The summed E-state index contributed by atoms with van der Waals surface area (Å²) >= 11 is 1.51. The van der Waals surface area contributed by atoms with Crippen LogP contribution in [-0.2, 0) is 16.1 Å². The smallest absolute Gasteiger partial charge is 0.245 e. The summed E-state index contributed by atoms with van der Waals surface area (Å²) in [4.78, 5) is 29.5. The Balaban J connectivity index is 2.22. The fourth-order valence-corrected chi connectivity index (χ4v) is 2.56. The van der Waals surface area contributed by atoms with Crippen molar-refractivity contribution in [2.45, 2.75) is 32.9 Å². The number of piperazine rings is 1. The van der Waals surface area contributed by atoms with E-state index >= 15 is 0 Å². The fraction of sp³-hybridized carbons (Fsp3) is 0.545. The lowest BCUT2D eigenvalue weighted by molar-refractivity contribution is -0.152. The van der Waals surface area contributed by atoms with Crippen molar-refractivity contribution < 1.29 is 9.59 Å². The number of amides is 2. The SMILES string of the molecule is Cc1csc(CN2C(=O)CNC(=O)C2(C)C)n1. The largest absolute Gasteiger partial charge is 0.345 e. The van der Waals surface area contributed by atoms with Crippen molar-refractivity contribution in [1.29, 1.82) is 0 Å². The molecule has 2 heterocycles. The van der Waals surface area contributed by atoms with E-state index in [4.69, 9.17) is 0 Å². The predicted molar refractivity (Wildman–Crippen MR) is 64.5 cm³/mol. The highest BCUT2D eigenvalue weighted by Crippen LogP contribution is 2.22. The Morgan fingerprint density at radius 3 is 2.82 bits per heavy atom. The van der Waals surface area contributed by atoms with Gasteiger partial charge >= 0.3 is 0 Å². The van der Waals surface area contributed by atoms with Crippen molar-refractivity contribution in [2.24, 2.45) is 0 Å². The summed E-state index contributed by atoms with van der Waals surface area (Å²) in [6, 6.07) is 0. The maximum absolute atomic E-state index is 11.9. The first-order valence-electron chi connectivity index (χ1n) is 5.41. The lowest BCUT2D eigenvalue weighted by Crippen LogP contribution is -2.63. The van der Waals surface area contributed by atoms with Crippen LogP contribution in [0.5, 0.6) is 0 Å². The molecule has 1 aliphatic rings. The molecule has 5 nitrogen and oxygen atoms in total. The van der Waals surface area contributed by atoms with Gasteiger partial charge in [-0.05, 0) is 20.8 Å². The molecule has 0 radical (unpaired) electrons. The zero-order valence-electron chi connectivity index (χ0n) is 10.1. The molecule has 17 heavy (non-hydrogen) atoms. The summed E-state index contributed by atoms with van der Waals surface area (Å²) < 4.78 is 0. The van der Waals surface area contributed by atoms with Crippen molar-refractivity contribution in [3.05, 3.63) is 16.1 Å². The monoisotopic (exact) mass is 253 g/mol. The standard InChI is InChI=1S/C11H15N3O2S/c1-7-6-17-8(13-7)5-14-9(15)4-12-10(16)11(14,2)3/h6H,4-5H2,1-3H3,(H,12,16). The van der Waals surface area contributed by atoms with Crippen LogP contribution in [-0.4, -0.2) is 33.8 Å². The quantitative estimate of drug-likeness (QED) is 0.843. The lowest BCUT2D eigenvalue weighted by atomic mass is 9.99. The number of aryl methyl sites for hydroxylation is 1. The normalized spacial score (nSPS) is 19.4. The van der Waals surface area contributed by atoms with Gasteiger partial charge in [0, 0.05) is 11.1 Å². The molecule has 1 saturated heterocycles. The Labute approximate surface area is 104 Å². The molecular weight excluding hydrogens is 238 g/mol. The van der Waals surface area contributed by atoms with E-state index in [2.05, 4.69) is 10.3 Å². The van der Waals surface area contributed by atoms with Crippen molar-refractivity contribution >= 4 is 23.2 Å². The van der Waals surface area contributed by atoms with Gasteiger partial charge in [-0.3, -0.25) is 9.59 Å². The molecule has 0 aromatic carbocycles. The minimum Gasteiger partial charge on any atom is -0.345 e. The second-order valence-corrected chi connectivity index (χ2v) is 5.55. The van der Waals surface area contributed by atoms with E-state index in [0.717, 1.165) is 10.7 Å². The number of carbonyl (C=O) groups excluding carboxylic acids is 2. The summed E-state index contributed by atoms with van der Waals surface area (Å²) in [5.74, 6) is -0.187. The van der Waals surface area contributed by atoms with Crippen LogP contribution in [0.3, 0.4) is 0 Å². The zero-order valence-corrected chi connectivity index (χ0v) is 10.9. The van der Waals surface area contributed by atoms with Gasteiger partial charge in [0.05, 0.1) is 13.1 Å². The number of nitrogens with one attached hydrogen (secondary N) is 1. The number of rotatable bonds is 2. The Kier molecular flexibility index (Phi) is 2.91. The van der Waals surface area contributed by atoms with Gasteiger partial charge in [-0.2, -0.15) is 0 Å². The van der Waals surface area contributed by atoms with Gasteiger partial charge in [-0.25, -0.2) is 4.98 Å². The number of thiazole rings is 1. The van der Waals surface area contributed by atoms with Crippen LogP contribution < -0.4 is 5.32 Å². The molecule has 6 heteroatoms. The topological polar surface area (TPSA) is 62.3 Å². The van der Waals surface area contributed by atoms with E-state index in [1.807, 2.05) is 12.3 Å². The van der Waals surface area contributed by atoms with Gasteiger partial charge in [-0.15, -0.1) is 11.3 Å². The zero-order chi connectivity index (χ0) is 12.6. The van der Waals surface area contributed by atoms with Crippen LogP contribution in [0.1, 0.15) is 24.5 Å². The summed E-state index contributed by atoms with van der Waals surface area (Å²) in [5, 5.41) is 5.40. The number of carbonyl (C=O) groups is 2. The molecule has 92 valence electrons. The molecule has 1 aromatic rings. The van der Waals surface area contributed by atoms with Crippen LogP contribution >= 0.6 is 11.3 Å². The van der Waals surface area contributed by atoms with Crippen molar-refractivity contribution in [3.63, 3.8) is 0 Å². The Morgan fingerprint density at radius 1 is 1.53 bits per heavy atom. The summed E-state index contributed by atoms with van der Waals surface area (Å²) in [6.45, 7) is 5.89. The Morgan fingerprint density at radius 2 is 2.24 bits per heavy atom. The van der Waals surface area contributed by atoms with E-state index in [9.17, 15) is 9.59 Å². The molecule has 0 bridgehead atoms. The molecule has 2 amide bonds. The third-order valence-electron chi connectivity index (χ3n) is 2.89. The van der Waals surface area contributed by atoms with Crippen molar-refractivity contribution in [2.75, 3.05) is 6.54 Å². The second-order valence-electron chi connectivity index (χ2n) is 4.60. The van der Waals surface area contributed by atoms with Gasteiger partial charge in [0.15, 0.2) is 0 Å². The van der Waals surface area contributed by atoms with Gasteiger partial charge < -0.3 is 10.2 Å². The predicted octanol–water partition coefficient (Wildman–Crippen LogP) is 0.689. The Hall–Kier alpha value is -1.43. The summed E-state index contributed by atoms with van der Waals surface area (Å²) in [6.07, 6.45) is 0. The molecule has 0 saturated carbocycles. The maximum atomic E-state index is 11.9. The number of nitrogens with zero attached hydrogens (tertiary/aromatic N) is 2. The molecule has 1 aliphatic heterocycles. The average molecular weight is 253 g/mol. The van der Waals surface area contributed by atoms with Crippen molar-refractivity contribution in [1.82, 2.24) is 15.2 Å². The van der Waals surface area contributed by atoms with E-state index in [1.54, 1.807) is 18.7 Å². The van der Waals surface area contributed by atoms with Gasteiger partial charge in [-0.1, -0.05) is 0 Å². The van der Waals surface area contributed by atoms with Crippen LogP contribution in [0.15, 0.2) is 5.38 Å². The molecule has 0 spiro atoms. The van der Waals surface area contributed by atoms with Gasteiger partial charge in [0.25, 0.3) is 0 Å². The van der Waals surface area contributed by atoms with Gasteiger partial charge in [0.1, 0.15) is 10.5 Å². The molecule has 1 N–H and O–H groups in total. The van der Waals surface area contributed by atoms with E-state index in [1.165, 1.54) is 11.3 Å². The lowest BCUT2D eigenvalue weighted by Gasteiger charge is -2.40. The third kappa shape index (κ3) is 2.17. The first-order valence-corrected chi connectivity index (χ1v) is 6.29. The van der Waals surface area contributed by atoms with Crippen LogP contribution in [0.4, 0.5) is 0 Å². The van der Waals surface area contributed by atoms with Crippen LogP contribution in [0.25, 0.3) is 0 Å². The molecule has 0 aliphatic carbocycles. The third-order valence-corrected chi connectivity index (χ3v) is 3.84. The van der Waals surface area contributed by atoms with E-state index in [0.29, 0.717) is 6.54 Å². The van der Waals surface area contributed by atoms with Crippen LogP contribution in [0.2, 0.25) is 0 Å². The number of hydrogen-bond donors (Lipinski definition) is 1. The fourth-order valence-electron chi connectivity index (χ4n) is 1.80. The maximum Gasteiger partial charge on any atom is 0.245 e. The first kappa shape index (κ1) is 12.0. The van der Waals surface area contributed by atoms with Gasteiger partial charge in [0.2, 0.25) is 11.8 Å². The highest BCUT2D eigenvalue weighted by Gasteiger charge is 2.41. The average Bonchev–Trinajstić information content (AvgIpc) is 2.66. The molecule has 2 rings (SSSR count). The minimum atomic E-state index is -0.811. The first-order chi connectivity index (χ1) is 7.91. The van der Waals surface area contributed by atoms with Crippen LogP contribution in [0, 0.1) is 6.92 Å². The highest BCUT2D eigenvalue weighted by atomic mass is 32.1. The summed E-state index contributed by atoms with van der Waals surface area (Å²) in [7, 11) is 0. The van der Waals surface area contributed by atoms with E-state index in [-0.39, 0.29) is 18.4 Å². The minimum absolute atomic E-state index is 0.0672. The molecule has 0 atom stereocenters. The Bertz CT molecular complexity index is 467. The molecule has 1 fully saturated rings. The number of hydrogen-bond acceptors (Lipinski definition) is 4. The molecular formula is C11H15N3O2S. The van der Waals surface area contributed by atoms with Crippen molar-refractivity contribution in [3.8, 4) is 0 Å². The number of aromatic nitrogens is 1. The highest BCUT2D eigenvalue weighted by molar-refractivity contribution is 7.09. The summed E-state index contributed by atoms with van der Waals surface area (Å²) in [5.41, 5.74) is 0.131.